The number of hydrogen-bond acceptors (Lipinski definition) is 5. The van der Waals surface area contributed by atoms with Crippen molar-refractivity contribution in [2.75, 3.05) is 32.7 Å². The van der Waals surface area contributed by atoms with E-state index in [1.807, 2.05) is 30.0 Å². The van der Waals surface area contributed by atoms with Crippen molar-refractivity contribution in [2.45, 2.75) is 25.1 Å². The van der Waals surface area contributed by atoms with Gasteiger partial charge in [0.05, 0.1) is 13.2 Å². The summed E-state index contributed by atoms with van der Waals surface area (Å²) in [7, 11) is 3.26. The van der Waals surface area contributed by atoms with Crippen LogP contribution in [0.3, 0.4) is 0 Å². The number of nitrogens with one attached hydrogen (secondary N) is 2. The summed E-state index contributed by atoms with van der Waals surface area (Å²) < 4.78 is 17.3. The van der Waals surface area contributed by atoms with Crippen LogP contribution in [0, 0.1) is 5.92 Å². The first-order valence-electron chi connectivity index (χ1n) is 10.4. The molecule has 4 rings (SSSR count). The normalized spacial score (nSPS) is 23.6. The molecule has 2 heterocycles. The first-order valence-corrected chi connectivity index (χ1v) is 11.2. The van der Waals surface area contributed by atoms with Crippen LogP contribution in [0.25, 0.3) is 0 Å². The minimum atomic E-state index is -1.03. The highest BCUT2D eigenvalue weighted by Crippen LogP contribution is 2.51. The lowest BCUT2D eigenvalue weighted by Gasteiger charge is -2.56. The van der Waals surface area contributed by atoms with Crippen molar-refractivity contribution in [3.05, 3.63) is 53.1 Å². The molecule has 2 N–H and O–H groups in total. The van der Waals surface area contributed by atoms with Gasteiger partial charge in [-0.05, 0) is 55.9 Å². The Morgan fingerprint density at radius 2 is 2.03 bits per heavy atom. The molecule has 0 aliphatic carbocycles. The highest BCUT2D eigenvalue weighted by molar-refractivity contribution is 7.80. The average Bonchev–Trinajstić information content (AvgIpc) is 2.77. The fourth-order valence-electron chi connectivity index (χ4n) is 4.44. The van der Waals surface area contributed by atoms with E-state index in [0.29, 0.717) is 40.5 Å². The van der Waals surface area contributed by atoms with Gasteiger partial charge in [0, 0.05) is 36.5 Å². The quantitative estimate of drug-likeness (QED) is 0.463. The number of halogens is 1. The van der Waals surface area contributed by atoms with E-state index in [0.717, 1.165) is 12.0 Å². The van der Waals surface area contributed by atoms with Gasteiger partial charge in [-0.2, -0.15) is 0 Å². The molecule has 7 nitrogen and oxygen atoms in total. The highest BCUT2D eigenvalue weighted by Gasteiger charge is 2.58. The number of anilines is 1. The number of para-hydroxylation sites is 1. The second-order valence-corrected chi connectivity index (χ2v) is 8.76. The summed E-state index contributed by atoms with van der Waals surface area (Å²) in [5.74, 6) is 0.457. The number of nitrogens with zero attached hydrogens (tertiary/aromatic N) is 1. The number of hydrogen-bond donors (Lipinski definition) is 2. The Labute approximate surface area is 198 Å². The van der Waals surface area contributed by atoms with Gasteiger partial charge in [-0.25, -0.2) is 0 Å². The van der Waals surface area contributed by atoms with Crippen molar-refractivity contribution in [1.29, 1.82) is 0 Å². The molecule has 3 atom stereocenters. The zero-order valence-electron chi connectivity index (χ0n) is 18.2. The number of amides is 1. The standard InChI is InChI=1S/C23H26ClN3O4S/c1-23-18(21(28)25-15-10-8-14(24)9-11-15)19(26-22(32)27(23)12-5-13-29-2)16-6-4-7-17(30-3)20(16)31-23/h4,6-11,18-19H,5,12-13H2,1-3H3,(H,25,28)(H,26,32)/t18-,19+,23+/m1/s1. The lowest BCUT2D eigenvalue weighted by atomic mass is 9.78. The molecule has 0 aromatic heterocycles. The zero-order valence-corrected chi connectivity index (χ0v) is 19.8. The van der Waals surface area contributed by atoms with E-state index in [2.05, 4.69) is 10.6 Å². The molecule has 1 saturated heterocycles. The van der Waals surface area contributed by atoms with Gasteiger partial charge in [0.1, 0.15) is 5.92 Å². The molecule has 32 heavy (non-hydrogen) atoms. The van der Waals surface area contributed by atoms with Crippen LogP contribution in [0.1, 0.15) is 24.9 Å². The Morgan fingerprint density at radius 1 is 1.28 bits per heavy atom. The van der Waals surface area contributed by atoms with E-state index in [-0.39, 0.29) is 11.9 Å². The lowest BCUT2D eigenvalue weighted by molar-refractivity contribution is -0.149. The number of fused-ring (bicyclic) bond motifs is 4. The fraction of sp³-hybridized carbons (Fsp3) is 0.391. The van der Waals surface area contributed by atoms with E-state index in [9.17, 15) is 4.79 Å². The maximum atomic E-state index is 13.6. The Balaban J connectivity index is 1.75. The van der Waals surface area contributed by atoms with Crippen LogP contribution >= 0.6 is 23.8 Å². The van der Waals surface area contributed by atoms with Crippen LogP contribution in [-0.4, -0.2) is 49.0 Å². The molecule has 170 valence electrons. The van der Waals surface area contributed by atoms with Crippen molar-refractivity contribution >= 4 is 40.5 Å². The third kappa shape index (κ3) is 3.98. The first kappa shape index (κ1) is 22.6. The summed E-state index contributed by atoms with van der Waals surface area (Å²) in [6, 6.07) is 12.3. The van der Waals surface area contributed by atoms with Gasteiger partial charge in [0.2, 0.25) is 5.91 Å². The molecular formula is C23H26ClN3O4S. The van der Waals surface area contributed by atoms with E-state index in [1.54, 1.807) is 38.5 Å². The monoisotopic (exact) mass is 475 g/mol. The summed E-state index contributed by atoms with van der Waals surface area (Å²) in [5.41, 5.74) is 0.460. The third-order valence-electron chi connectivity index (χ3n) is 5.97. The van der Waals surface area contributed by atoms with Gasteiger partial charge in [-0.3, -0.25) is 4.79 Å². The molecule has 2 bridgehead atoms. The maximum Gasteiger partial charge on any atom is 0.236 e. The maximum absolute atomic E-state index is 13.6. The molecule has 1 fully saturated rings. The van der Waals surface area contributed by atoms with Crippen molar-refractivity contribution in [3.8, 4) is 11.5 Å². The molecule has 2 aromatic carbocycles. The Bertz CT molecular complexity index is 1020. The molecule has 0 saturated carbocycles. The van der Waals surface area contributed by atoms with Crippen LogP contribution in [0.5, 0.6) is 11.5 Å². The Morgan fingerprint density at radius 3 is 2.72 bits per heavy atom. The first-order chi connectivity index (χ1) is 15.4. The lowest BCUT2D eigenvalue weighted by Crippen LogP contribution is -2.71. The number of thiocarbonyl (C=S) groups is 1. The van der Waals surface area contributed by atoms with E-state index < -0.39 is 11.6 Å². The van der Waals surface area contributed by atoms with Crippen LogP contribution in [0.15, 0.2) is 42.5 Å². The largest absolute Gasteiger partial charge is 0.493 e. The van der Waals surface area contributed by atoms with E-state index >= 15 is 0 Å². The molecule has 0 spiro atoms. The molecule has 2 aliphatic heterocycles. The second-order valence-electron chi connectivity index (χ2n) is 7.93. The molecule has 0 radical (unpaired) electrons. The predicted molar refractivity (Wildman–Crippen MR) is 127 cm³/mol. The minimum absolute atomic E-state index is 0.181. The van der Waals surface area contributed by atoms with Crippen LogP contribution < -0.4 is 20.1 Å². The summed E-state index contributed by atoms with van der Waals surface area (Å²) in [4.78, 5) is 15.6. The Kier molecular flexibility index (Phi) is 6.46. The van der Waals surface area contributed by atoms with Gasteiger partial charge < -0.3 is 29.7 Å². The minimum Gasteiger partial charge on any atom is -0.493 e. The summed E-state index contributed by atoms with van der Waals surface area (Å²) in [6.45, 7) is 3.04. The van der Waals surface area contributed by atoms with Gasteiger partial charge in [-0.1, -0.05) is 23.7 Å². The van der Waals surface area contributed by atoms with Crippen molar-refractivity contribution < 1.29 is 19.0 Å². The second kappa shape index (κ2) is 9.13. The number of methoxy groups -OCH3 is 2. The van der Waals surface area contributed by atoms with Crippen molar-refractivity contribution in [2.24, 2.45) is 5.92 Å². The van der Waals surface area contributed by atoms with Crippen LogP contribution in [0.4, 0.5) is 5.69 Å². The molecule has 2 aliphatic rings. The van der Waals surface area contributed by atoms with Gasteiger partial charge in [0.25, 0.3) is 0 Å². The molecular weight excluding hydrogens is 450 g/mol. The SMILES string of the molecule is COCCCN1C(=S)N[C@H]2c3cccc(OC)c3O[C@@]1(C)[C@H]2C(=O)Nc1ccc(Cl)cc1. The van der Waals surface area contributed by atoms with E-state index in [1.165, 1.54) is 0 Å². The predicted octanol–water partition coefficient (Wildman–Crippen LogP) is 3.98. The topological polar surface area (TPSA) is 72.1 Å². The van der Waals surface area contributed by atoms with Gasteiger partial charge >= 0.3 is 0 Å². The number of benzene rings is 2. The number of carbonyl (C=O) groups is 1. The molecule has 1 amide bonds. The fourth-order valence-corrected chi connectivity index (χ4v) is 4.97. The molecule has 9 heteroatoms. The van der Waals surface area contributed by atoms with Crippen LogP contribution in [-0.2, 0) is 9.53 Å². The third-order valence-corrected chi connectivity index (χ3v) is 6.56. The van der Waals surface area contributed by atoms with E-state index in [4.69, 9.17) is 38.0 Å². The molecule has 2 aromatic rings. The molecule has 0 unspecified atom stereocenters. The zero-order chi connectivity index (χ0) is 22.9. The summed E-state index contributed by atoms with van der Waals surface area (Å²) >= 11 is 11.7. The number of ether oxygens (including phenoxy) is 3. The van der Waals surface area contributed by atoms with Gasteiger partial charge in [-0.15, -0.1) is 0 Å². The summed E-state index contributed by atoms with van der Waals surface area (Å²) in [5, 5.41) is 7.54. The van der Waals surface area contributed by atoms with Crippen molar-refractivity contribution in [1.82, 2.24) is 10.2 Å². The average molecular weight is 476 g/mol. The Hall–Kier alpha value is -2.55. The number of rotatable bonds is 7. The van der Waals surface area contributed by atoms with Gasteiger partial charge in [0.15, 0.2) is 22.3 Å². The van der Waals surface area contributed by atoms with Crippen LogP contribution in [0.2, 0.25) is 5.02 Å². The highest BCUT2D eigenvalue weighted by atomic mass is 35.5. The summed E-state index contributed by atoms with van der Waals surface area (Å²) in [6.07, 6.45) is 0.728. The van der Waals surface area contributed by atoms with Crippen molar-refractivity contribution in [3.63, 3.8) is 0 Å². The smallest absolute Gasteiger partial charge is 0.236 e. The number of carbonyl (C=O) groups excluding carboxylic acids is 1.